The lowest BCUT2D eigenvalue weighted by Crippen LogP contribution is -2.67. The van der Waals surface area contributed by atoms with E-state index >= 15 is 0 Å². The van der Waals surface area contributed by atoms with Crippen LogP contribution >= 0.6 is 0 Å². The highest BCUT2D eigenvalue weighted by molar-refractivity contribution is 5.87. The molecule has 0 amide bonds. The standard InChI is InChI=1S/C29H48N2O8/c1-4-16(2)28(36)38-22-13-20-25(35)24-21(34)12-18(15-33)37-27(24)19(6-5-11-32)26(20)39-29(22,3)10-9-17-7-8-23(30)31-14-17/h4,17-20,22-27,31-33,35H,5-15,30H2,1-3H3/t17?,18?,19?,20?,22-,23?,24?,25?,26?,27?,29-/m0/s1. The number of nitrogens with one attached hydrogen (secondary N) is 1. The molecule has 1 aliphatic carbocycles. The van der Waals surface area contributed by atoms with Crippen molar-refractivity contribution in [3.8, 4) is 0 Å². The third-order valence-corrected chi connectivity index (χ3v) is 9.66. The molecule has 10 heteroatoms. The fourth-order valence-electron chi connectivity index (χ4n) is 7.12. The first kappa shape index (κ1) is 30.6. The Morgan fingerprint density at radius 3 is 2.67 bits per heavy atom. The molecule has 39 heavy (non-hydrogen) atoms. The van der Waals surface area contributed by atoms with Gasteiger partial charge in [-0.2, -0.15) is 0 Å². The number of allylic oxidation sites excluding steroid dienone is 1. The summed E-state index contributed by atoms with van der Waals surface area (Å²) in [4.78, 5) is 26.1. The van der Waals surface area contributed by atoms with E-state index in [2.05, 4.69) is 5.32 Å². The molecule has 0 aromatic carbocycles. The number of carbonyl (C=O) groups is 2. The molecular formula is C29H48N2O8. The van der Waals surface area contributed by atoms with E-state index in [-0.39, 0.29) is 37.5 Å². The highest BCUT2D eigenvalue weighted by Crippen LogP contribution is 2.51. The van der Waals surface area contributed by atoms with Crippen molar-refractivity contribution in [1.82, 2.24) is 5.32 Å². The van der Waals surface area contributed by atoms with Crippen molar-refractivity contribution in [3.05, 3.63) is 11.6 Å². The second-order valence-corrected chi connectivity index (χ2v) is 12.3. The second kappa shape index (κ2) is 13.1. The van der Waals surface area contributed by atoms with Crippen LogP contribution in [0.3, 0.4) is 0 Å². The summed E-state index contributed by atoms with van der Waals surface area (Å²) >= 11 is 0. The van der Waals surface area contributed by atoms with E-state index in [0.717, 1.165) is 25.8 Å². The number of nitrogens with two attached hydrogens (primary N) is 1. The molecule has 6 N–H and O–H groups in total. The van der Waals surface area contributed by atoms with Crippen LogP contribution in [0.2, 0.25) is 0 Å². The Morgan fingerprint density at radius 2 is 2.03 bits per heavy atom. The summed E-state index contributed by atoms with van der Waals surface area (Å²) in [5.41, 5.74) is 5.70. The van der Waals surface area contributed by atoms with Crippen LogP contribution in [0.25, 0.3) is 0 Å². The number of Topliss-reactive ketones (excluding diaryl/α,β-unsaturated/α-hetero) is 1. The number of piperidine rings is 1. The van der Waals surface area contributed by atoms with E-state index in [1.807, 2.05) is 6.92 Å². The van der Waals surface area contributed by atoms with E-state index < -0.39 is 53.9 Å². The highest BCUT2D eigenvalue weighted by Gasteiger charge is 2.61. The molecule has 0 radical (unpaired) electrons. The predicted molar refractivity (Wildman–Crippen MR) is 143 cm³/mol. The molecule has 11 atom stereocenters. The Bertz CT molecular complexity index is 891. The van der Waals surface area contributed by atoms with Crippen molar-refractivity contribution in [2.24, 2.45) is 29.4 Å². The third-order valence-electron chi connectivity index (χ3n) is 9.66. The zero-order valence-corrected chi connectivity index (χ0v) is 23.6. The van der Waals surface area contributed by atoms with Gasteiger partial charge in [0.15, 0.2) is 0 Å². The molecule has 10 nitrogen and oxygen atoms in total. The zero-order valence-electron chi connectivity index (χ0n) is 23.6. The van der Waals surface area contributed by atoms with Gasteiger partial charge in [0.25, 0.3) is 0 Å². The molecule has 4 rings (SSSR count). The molecule has 222 valence electrons. The second-order valence-electron chi connectivity index (χ2n) is 12.3. The molecule has 3 aliphatic heterocycles. The molecule has 0 bridgehead atoms. The van der Waals surface area contributed by atoms with Crippen LogP contribution in [0.4, 0.5) is 0 Å². The maximum atomic E-state index is 13.2. The molecule has 4 aliphatic rings. The van der Waals surface area contributed by atoms with Gasteiger partial charge < -0.3 is 40.6 Å². The number of rotatable bonds is 9. The number of carbonyl (C=O) groups excluding carboxylic acids is 2. The first-order valence-electron chi connectivity index (χ1n) is 14.7. The van der Waals surface area contributed by atoms with Crippen LogP contribution in [0.5, 0.6) is 0 Å². The number of esters is 1. The Balaban J connectivity index is 1.63. The Hall–Kier alpha value is -1.40. The minimum atomic E-state index is -1.02. The predicted octanol–water partition coefficient (Wildman–Crippen LogP) is 1.19. The van der Waals surface area contributed by atoms with Crippen molar-refractivity contribution >= 4 is 11.8 Å². The van der Waals surface area contributed by atoms with Gasteiger partial charge in [-0.25, -0.2) is 4.79 Å². The molecule has 9 unspecified atom stereocenters. The summed E-state index contributed by atoms with van der Waals surface area (Å²) in [5.74, 6) is -1.54. The number of ether oxygens (including phenoxy) is 3. The molecular weight excluding hydrogens is 504 g/mol. The number of ketones is 1. The SMILES string of the molecule is CC=C(C)C(=O)O[C@H]1CC2C(O)C3C(=O)CC(CO)OC3C(CCCO)C2O[C@@]1(C)CCC1CCC(N)NC1. The monoisotopic (exact) mass is 552 g/mol. The van der Waals surface area contributed by atoms with Gasteiger partial charge in [-0.05, 0) is 78.2 Å². The van der Waals surface area contributed by atoms with Crippen LogP contribution in [0.15, 0.2) is 11.6 Å². The number of aliphatic hydroxyl groups is 3. The van der Waals surface area contributed by atoms with Gasteiger partial charge in [0.1, 0.15) is 17.5 Å². The lowest BCUT2D eigenvalue weighted by molar-refractivity contribution is -0.284. The topological polar surface area (TPSA) is 161 Å². The molecule has 0 aromatic rings. The van der Waals surface area contributed by atoms with Crippen LogP contribution in [-0.2, 0) is 23.8 Å². The number of aliphatic hydroxyl groups excluding tert-OH is 3. The maximum absolute atomic E-state index is 13.2. The van der Waals surface area contributed by atoms with Gasteiger partial charge in [-0.3, -0.25) is 4.79 Å². The molecule has 3 heterocycles. The summed E-state index contributed by atoms with van der Waals surface area (Å²) in [6.07, 6.45) is 3.35. The average Bonchev–Trinajstić information content (AvgIpc) is 2.92. The van der Waals surface area contributed by atoms with Crippen LogP contribution in [0, 0.1) is 23.7 Å². The molecule has 4 fully saturated rings. The Kier molecular flexibility index (Phi) is 10.2. The smallest absolute Gasteiger partial charge is 0.333 e. The summed E-state index contributed by atoms with van der Waals surface area (Å²) < 4.78 is 19.2. The van der Waals surface area contributed by atoms with E-state index in [1.54, 1.807) is 19.9 Å². The minimum absolute atomic E-state index is 0.0118. The number of hydrogen-bond donors (Lipinski definition) is 5. The van der Waals surface area contributed by atoms with Gasteiger partial charge in [0, 0.05) is 30.4 Å². The quantitative estimate of drug-likeness (QED) is 0.208. The van der Waals surface area contributed by atoms with E-state index in [1.165, 1.54) is 0 Å². The maximum Gasteiger partial charge on any atom is 0.333 e. The lowest BCUT2D eigenvalue weighted by Gasteiger charge is -2.58. The normalized spacial score (nSPS) is 42.9. The van der Waals surface area contributed by atoms with E-state index in [4.69, 9.17) is 19.9 Å². The van der Waals surface area contributed by atoms with Crippen molar-refractivity contribution in [3.63, 3.8) is 0 Å². The van der Waals surface area contributed by atoms with Gasteiger partial charge in [-0.1, -0.05) is 6.08 Å². The highest BCUT2D eigenvalue weighted by atomic mass is 16.6. The van der Waals surface area contributed by atoms with Crippen molar-refractivity contribution in [2.45, 2.75) is 114 Å². The van der Waals surface area contributed by atoms with Gasteiger partial charge >= 0.3 is 5.97 Å². The van der Waals surface area contributed by atoms with Crippen molar-refractivity contribution in [1.29, 1.82) is 0 Å². The fraction of sp³-hybridized carbons (Fsp3) is 0.862. The largest absolute Gasteiger partial charge is 0.456 e. The summed E-state index contributed by atoms with van der Waals surface area (Å²) in [5, 5.41) is 34.3. The number of fused-ring (bicyclic) bond motifs is 2. The molecule has 3 saturated heterocycles. The lowest BCUT2D eigenvalue weighted by atomic mass is 9.61. The van der Waals surface area contributed by atoms with Crippen molar-refractivity contribution in [2.75, 3.05) is 19.8 Å². The first-order chi connectivity index (χ1) is 18.6. The fourth-order valence-corrected chi connectivity index (χ4v) is 7.12. The van der Waals surface area contributed by atoms with Crippen molar-refractivity contribution < 1.29 is 39.1 Å². The third kappa shape index (κ3) is 6.58. The zero-order chi connectivity index (χ0) is 28.3. The summed E-state index contributed by atoms with van der Waals surface area (Å²) in [7, 11) is 0. The Morgan fingerprint density at radius 1 is 1.26 bits per heavy atom. The van der Waals surface area contributed by atoms with Gasteiger partial charge in [-0.15, -0.1) is 0 Å². The van der Waals surface area contributed by atoms with Crippen LogP contribution in [-0.4, -0.2) is 89.1 Å². The van der Waals surface area contributed by atoms with E-state index in [9.17, 15) is 24.9 Å². The molecule has 0 spiro atoms. The first-order valence-corrected chi connectivity index (χ1v) is 14.7. The summed E-state index contributed by atoms with van der Waals surface area (Å²) in [6, 6.07) is 0. The van der Waals surface area contributed by atoms with Gasteiger partial charge in [0.05, 0.1) is 43.1 Å². The average molecular weight is 553 g/mol. The molecule has 1 saturated carbocycles. The van der Waals surface area contributed by atoms with Gasteiger partial charge in [0.2, 0.25) is 0 Å². The molecule has 0 aromatic heterocycles. The number of hydrogen-bond acceptors (Lipinski definition) is 10. The minimum Gasteiger partial charge on any atom is -0.456 e. The van der Waals surface area contributed by atoms with E-state index in [0.29, 0.717) is 37.2 Å². The summed E-state index contributed by atoms with van der Waals surface area (Å²) in [6.45, 7) is 6.03. The Labute approximate surface area is 231 Å². The van der Waals surface area contributed by atoms with Crippen LogP contribution < -0.4 is 11.1 Å². The van der Waals surface area contributed by atoms with Crippen LogP contribution in [0.1, 0.15) is 72.1 Å².